The van der Waals surface area contributed by atoms with Crippen LogP contribution in [0, 0.1) is 10.1 Å². The molecule has 0 aliphatic carbocycles. The van der Waals surface area contributed by atoms with Gasteiger partial charge in [-0.25, -0.2) is 0 Å². The summed E-state index contributed by atoms with van der Waals surface area (Å²) in [6.45, 7) is 3.08. The van der Waals surface area contributed by atoms with E-state index in [0.717, 1.165) is 31.6 Å². The predicted molar refractivity (Wildman–Crippen MR) is 79.7 cm³/mol. The second-order valence-corrected chi connectivity index (χ2v) is 5.70. The molecule has 0 unspecified atom stereocenters. The summed E-state index contributed by atoms with van der Waals surface area (Å²) in [6, 6.07) is 4.97. The SMILES string of the molecule is CC(=O)N1CCC(Nc2ccc([N+](=O)[O-])cc2Br)CC1. The Kier molecular flexibility index (Phi) is 4.59. The van der Waals surface area contributed by atoms with Crippen LogP contribution in [0.5, 0.6) is 0 Å². The number of nitrogens with zero attached hydrogens (tertiary/aromatic N) is 2. The van der Waals surface area contributed by atoms with Gasteiger partial charge in [0, 0.05) is 48.3 Å². The molecule has 1 aliphatic heterocycles. The lowest BCUT2D eigenvalue weighted by Crippen LogP contribution is -2.41. The van der Waals surface area contributed by atoms with Gasteiger partial charge in [-0.05, 0) is 34.8 Å². The van der Waals surface area contributed by atoms with Crippen LogP contribution >= 0.6 is 15.9 Å². The summed E-state index contributed by atoms with van der Waals surface area (Å²) in [6.07, 6.45) is 1.76. The zero-order valence-electron chi connectivity index (χ0n) is 11.1. The van der Waals surface area contributed by atoms with Gasteiger partial charge in [0.25, 0.3) is 5.69 Å². The van der Waals surface area contributed by atoms with Gasteiger partial charge in [0.2, 0.25) is 5.91 Å². The van der Waals surface area contributed by atoms with E-state index < -0.39 is 4.92 Å². The number of hydrogen-bond donors (Lipinski definition) is 1. The van der Waals surface area contributed by atoms with Crippen LogP contribution in [0.15, 0.2) is 22.7 Å². The third-order valence-corrected chi connectivity index (χ3v) is 4.12. The Balaban J connectivity index is 1.98. The highest BCUT2D eigenvalue weighted by Gasteiger charge is 2.21. The Labute approximate surface area is 125 Å². The normalized spacial score (nSPS) is 16.0. The van der Waals surface area contributed by atoms with Gasteiger partial charge in [0.15, 0.2) is 0 Å². The van der Waals surface area contributed by atoms with Gasteiger partial charge in [-0.1, -0.05) is 0 Å². The van der Waals surface area contributed by atoms with Crippen LogP contribution in [0.1, 0.15) is 19.8 Å². The highest BCUT2D eigenvalue weighted by Crippen LogP contribution is 2.28. The molecular formula is C13H16BrN3O3. The second-order valence-electron chi connectivity index (χ2n) is 4.85. The number of nitro groups is 1. The maximum absolute atomic E-state index is 11.3. The van der Waals surface area contributed by atoms with E-state index >= 15 is 0 Å². The zero-order valence-corrected chi connectivity index (χ0v) is 12.7. The number of carbonyl (C=O) groups is 1. The summed E-state index contributed by atoms with van der Waals surface area (Å²) in [5.74, 6) is 0.111. The Bertz CT molecular complexity index is 528. The molecule has 1 aliphatic rings. The molecule has 108 valence electrons. The van der Waals surface area contributed by atoms with Crippen LogP contribution in [0.3, 0.4) is 0 Å². The molecule has 20 heavy (non-hydrogen) atoms. The van der Waals surface area contributed by atoms with E-state index in [1.165, 1.54) is 12.1 Å². The number of piperidine rings is 1. The fraction of sp³-hybridized carbons (Fsp3) is 0.462. The molecule has 0 bridgehead atoms. The monoisotopic (exact) mass is 341 g/mol. The molecule has 1 heterocycles. The second kappa shape index (κ2) is 6.21. The van der Waals surface area contributed by atoms with Crippen LogP contribution in [-0.4, -0.2) is 34.9 Å². The van der Waals surface area contributed by atoms with Crippen molar-refractivity contribution in [2.45, 2.75) is 25.8 Å². The first-order valence-corrected chi connectivity index (χ1v) is 7.22. The highest BCUT2D eigenvalue weighted by molar-refractivity contribution is 9.10. The van der Waals surface area contributed by atoms with Crippen molar-refractivity contribution in [1.82, 2.24) is 4.90 Å². The summed E-state index contributed by atoms with van der Waals surface area (Å²) in [7, 11) is 0. The van der Waals surface area contributed by atoms with E-state index in [4.69, 9.17) is 0 Å². The van der Waals surface area contributed by atoms with Gasteiger partial charge in [-0.3, -0.25) is 14.9 Å². The minimum atomic E-state index is -0.417. The van der Waals surface area contributed by atoms with Gasteiger partial charge in [0.05, 0.1) is 4.92 Å². The number of carbonyl (C=O) groups excluding carboxylic acids is 1. The van der Waals surface area contributed by atoms with Crippen LogP contribution in [0.4, 0.5) is 11.4 Å². The van der Waals surface area contributed by atoms with Gasteiger partial charge in [0.1, 0.15) is 0 Å². The molecule has 0 saturated carbocycles. The quantitative estimate of drug-likeness (QED) is 0.677. The van der Waals surface area contributed by atoms with Crippen molar-refractivity contribution in [3.63, 3.8) is 0 Å². The van der Waals surface area contributed by atoms with Crippen LogP contribution in [0.25, 0.3) is 0 Å². The molecule has 0 aromatic heterocycles. The summed E-state index contributed by atoms with van der Waals surface area (Å²) in [4.78, 5) is 23.4. The average Bonchev–Trinajstić information content (AvgIpc) is 2.41. The first-order chi connectivity index (χ1) is 9.47. The molecule has 1 aromatic carbocycles. The van der Waals surface area contributed by atoms with Crippen molar-refractivity contribution in [1.29, 1.82) is 0 Å². The average molecular weight is 342 g/mol. The maximum atomic E-state index is 11.3. The molecule has 6 nitrogen and oxygen atoms in total. The first kappa shape index (κ1) is 14.8. The molecule has 1 saturated heterocycles. The van der Waals surface area contributed by atoms with E-state index in [-0.39, 0.29) is 17.6 Å². The fourth-order valence-electron chi connectivity index (χ4n) is 2.29. The van der Waals surface area contributed by atoms with E-state index in [0.29, 0.717) is 4.47 Å². The molecular weight excluding hydrogens is 326 g/mol. The Hall–Kier alpha value is -1.63. The summed E-state index contributed by atoms with van der Waals surface area (Å²) >= 11 is 3.35. The molecule has 0 atom stereocenters. The van der Waals surface area contributed by atoms with Gasteiger partial charge < -0.3 is 10.2 Å². The lowest BCUT2D eigenvalue weighted by atomic mass is 10.0. The van der Waals surface area contributed by atoms with Crippen molar-refractivity contribution >= 4 is 33.2 Å². The summed E-state index contributed by atoms with van der Waals surface area (Å²) in [5, 5.41) is 14.0. The number of halogens is 1. The third-order valence-electron chi connectivity index (χ3n) is 3.46. The smallest absolute Gasteiger partial charge is 0.270 e. The van der Waals surface area contributed by atoms with Crippen molar-refractivity contribution < 1.29 is 9.72 Å². The third kappa shape index (κ3) is 3.47. The number of non-ortho nitro benzene ring substituents is 1. The molecule has 1 fully saturated rings. The van der Waals surface area contributed by atoms with E-state index in [1.54, 1.807) is 13.0 Å². The lowest BCUT2D eigenvalue weighted by Gasteiger charge is -2.32. The van der Waals surface area contributed by atoms with Crippen molar-refractivity contribution in [2.24, 2.45) is 0 Å². The number of likely N-dealkylation sites (tertiary alicyclic amines) is 1. The van der Waals surface area contributed by atoms with E-state index in [9.17, 15) is 14.9 Å². The molecule has 1 amide bonds. The highest BCUT2D eigenvalue weighted by atomic mass is 79.9. The van der Waals surface area contributed by atoms with Crippen molar-refractivity contribution in [2.75, 3.05) is 18.4 Å². The van der Waals surface area contributed by atoms with Gasteiger partial charge in [-0.2, -0.15) is 0 Å². The first-order valence-electron chi connectivity index (χ1n) is 6.43. The number of benzene rings is 1. The number of amides is 1. The van der Waals surface area contributed by atoms with Crippen LogP contribution in [0.2, 0.25) is 0 Å². The minimum absolute atomic E-state index is 0.0637. The topological polar surface area (TPSA) is 75.5 Å². The van der Waals surface area contributed by atoms with E-state index in [1.807, 2.05) is 4.90 Å². The Morgan fingerprint density at radius 3 is 2.60 bits per heavy atom. The number of nitro benzene ring substituents is 1. The van der Waals surface area contributed by atoms with Crippen molar-refractivity contribution in [3.05, 3.63) is 32.8 Å². The number of rotatable bonds is 3. The zero-order chi connectivity index (χ0) is 14.7. The Morgan fingerprint density at radius 1 is 1.45 bits per heavy atom. The molecule has 2 rings (SSSR count). The standard InChI is InChI=1S/C13H16BrN3O3/c1-9(18)16-6-4-10(5-7-16)15-13-3-2-11(17(19)20)8-12(13)14/h2-3,8,10,15H,4-7H2,1H3. The minimum Gasteiger partial charge on any atom is -0.381 e. The Morgan fingerprint density at radius 2 is 2.10 bits per heavy atom. The maximum Gasteiger partial charge on any atom is 0.270 e. The van der Waals surface area contributed by atoms with Crippen LogP contribution < -0.4 is 5.32 Å². The fourth-order valence-corrected chi connectivity index (χ4v) is 2.77. The van der Waals surface area contributed by atoms with Crippen LogP contribution in [-0.2, 0) is 4.79 Å². The molecule has 1 aromatic rings. The molecule has 1 N–H and O–H groups in total. The summed E-state index contributed by atoms with van der Waals surface area (Å²) in [5.41, 5.74) is 0.908. The largest absolute Gasteiger partial charge is 0.381 e. The molecule has 0 radical (unpaired) electrons. The van der Waals surface area contributed by atoms with E-state index in [2.05, 4.69) is 21.2 Å². The number of nitrogens with one attached hydrogen (secondary N) is 1. The number of anilines is 1. The number of hydrogen-bond acceptors (Lipinski definition) is 4. The molecule has 0 spiro atoms. The van der Waals surface area contributed by atoms with Gasteiger partial charge >= 0.3 is 0 Å². The predicted octanol–water partition coefficient (Wildman–Crippen LogP) is 2.78. The molecule has 7 heteroatoms. The van der Waals surface area contributed by atoms with Crippen molar-refractivity contribution in [3.8, 4) is 0 Å². The van der Waals surface area contributed by atoms with Gasteiger partial charge in [-0.15, -0.1) is 0 Å². The summed E-state index contributed by atoms with van der Waals surface area (Å²) < 4.78 is 0.681. The lowest BCUT2D eigenvalue weighted by molar-refractivity contribution is -0.384.